The molecule has 0 atom stereocenters. The van der Waals surface area contributed by atoms with Crippen molar-refractivity contribution in [3.63, 3.8) is 0 Å². The summed E-state index contributed by atoms with van der Waals surface area (Å²) in [5.41, 5.74) is 2.11. The molecule has 0 unspecified atom stereocenters. The fraction of sp³-hybridized carbons (Fsp3) is 0.467. The molecule has 1 aromatic carbocycles. The van der Waals surface area contributed by atoms with Crippen molar-refractivity contribution in [3.05, 3.63) is 30.1 Å². The van der Waals surface area contributed by atoms with E-state index in [-0.39, 0.29) is 6.16 Å². The van der Waals surface area contributed by atoms with Crippen LogP contribution in [0.5, 0.6) is 0 Å². The number of fused-ring (bicyclic) bond motifs is 1. The Bertz CT molecular complexity index is 741. The molecule has 0 bridgehead atoms. The predicted octanol–water partition coefficient (Wildman–Crippen LogP) is 1.24. The maximum atomic E-state index is 11.0. The molecule has 0 saturated carbocycles. The normalized spacial score (nSPS) is 16.9. The third-order valence-electron chi connectivity index (χ3n) is 4.15. The van der Waals surface area contributed by atoms with E-state index in [1.54, 1.807) is 6.33 Å². The highest BCUT2D eigenvalue weighted by Gasteiger charge is 2.22. The van der Waals surface area contributed by atoms with Crippen molar-refractivity contribution >= 4 is 24.3 Å². The molecule has 3 rings (SSSR count). The molecule has 2 aromatic rings. The fourth-order valence-electron chi connectivity index (χ4n) is 2.86. The average Bonchev–Trinajstić information content (AvgIpc) is 2.52. The summed E-state index contributed by atoms with van der Waals surface area (Å²) in [4.78, 5) is 31.0. The molecule has 1 saturated heterocycles. The Morgan fingerprint density at radius 1 is 1.17 bits per heavy atom. The van der Waals surface area contributed by atoms with Crippen LogP contribution in [0.2, 0.25) is 0 Å². The molecule has 0 aliphatic carbocycles. The maximum absolute atomic E-state index is 11.0. The predicted molar refractivity (Wildman–Crippen MR) is 89.8 cm³/mol. The highest BCUT2D eigenvalue weighted by atomic mass is 31.2. The molecule has 124 valence electrons. The van der Waals surface area contributed by atoms with Gasteiger partial charge in [0.2, 0.25) is 0 Å². The summed E-state index contributed by atoms with van der Waals surface area (Å²) in [6.45, 7) is 5.61. The van der Waals surface area contributed by atoms with Crippen molar-refractivity contribution in [1.29, 1.82) is 0 Å². The highest BCUT2D eigenvalue weighted by Crippen LogP contribution is 2.33. The number of nitrogens with zero attached hydrogens (tertiary/aromatic N) is 4. The van der Waals surface area contributed by atoms with Gasteiger partial charge in [0.25, 0.3) is 0 Å². The third-order valence-corrected chi connectivity index (χ3v) is 4.93. The first-order valence-corrected chi connectivity index (χ1v) is 9.45. The molecule has 1 aliphatic rings. The standard InChI is InChI=1S/C15H21N4O3P/c1-12-2-3-13-14(10-12)16-11-17-15(13)19-6-4-18(5-7-19)8-9-23(20,21)22/h2-3,10-11H,4-9H2,1H3,(H2,20,21,22). The van der Waals surface area contributed by atoms with Crippen LogP contribution in [0.4, 0.5) is 5.82 Å². The Labute approximate surface area is 135 Å². The van der Waals surface area contributed by atoms with Crippen molar-refractivity contribution in [1.82, 2.24) is 14.9 Å². The quantitative estimate of drug-likeness (QED) is 0.812. The molecule has 1 aromatic heterocycles. The van der Waals surface area contributed by atoms with E-state index in [2.05, 4.69) is 38.0 Å². The van der Waals surface area contributed by atoms with Gasteiger partial charge in [-0.1, -0.05) is 6.07 Å². The molecule has 2 heterocycles. The Morgan fingerprint density at radius 3 is 2.61 bits per heavy atom. The van der Waals surface area contributed by atoms with Gasteiger partial charge in [-0.3, -0.25) is 9.46 Å². The zero-order valence-corrected chi connectivity index (χ0v) is 14.0. The minimum absolute atomic E-state index is 0.0806. The number of rotatable bonds is 4. The van der Waals surface area contributed by atoms with Crippen LogP contribution < -0.4 is 4.90 Å². The lowest BCUT2D eigenvalue weighted by Crippen LogP contribution is -2.47. The molecule has 2 N–H and O–H groups in total. The van der Waals surface area contributed by atoms with Crippen LogP contribution in [-0.2, 0) is 4.57 Å². The molecule has 8 heteroatoms. The topological polar surface area (TPSA) is 89.8 Å². The van der Waals surface area contributed by atoms with E-state index in [0.29, 0.717) is 6.54 Å². The lowest BCUT2D eigenvalue weighted by atomic mass is 10.1. The van der Waals surface area contributed by atoms with Crippen molar-refractivity contribution < 1.29 is 14.4 Å². The van der Waals surface area contributed by atoms with Gasteiger partial charge in [-0.25, -0.2) is 9.97 Å². The number of anilines is 1. The van der Waals surface area contributed by atoms with Crippen LogP contribution in [0.1, 0.15) is 5.56 Å². The second-order valence-electron chi connectivity index (χ2n) is 5.93. The van der Waals surface area contributed by atoms with E-state index in [9.17, 15) is 4.57 Å². The van der Waals surface area contributed by atoms with Gasteiger partial charge in [-0.2, -0.15) is 0 Å². The first-order valence-electron chi connectivity index (χ1n) is 7.66. The largest absolute Gasteiger partial charge is 0.353 e. The second kappa shape index (κ2) is 6.53. The Kier molecular flexibility index (Phi) is 4.64. The van der Waals surface area contributed by atoms with E-state index in [0.717, 1.165) is 42.9 Å². The summed E-state index contributed by atoms with van der Waals surface area (Å²) in [6.07, 6.45) is 1.51. The van der Waals surface area contributed by atoms with Crippen LogP contribution in [0.15, 0.2) is 24.5 Å². The minimum Gasteiger partial charge on any atom is -0.353 e. The summed E-state index contributed by atoms with van der Waals surface area (Å²) in [6, 6.07) is 6.17. The van der Waals surface area contributed by atoms with Gasteiger partial charge in [0.15, 0.2) is 0 Å². The number of hydrogen-bond acceptors (Lipinski definition) is 5. The molecular weight excluding hydrogens is 315 g/mol. The second-order valence-corrected chi connectivity index (χ2v) is 7.71. The van der Waals surface area contributed by atoms with E-state index in [1.165, 1.54) is 5.56 Å². The Hall–Kier alpha value is -1.53. The lowest BCUT2D eigenvalue weighted by molar-refractivity contribution is 0.264. The number of aromatic nitrogens is 2. The van der Waals surface area contributed by atoms with Gasteiger partial charge in [0.1, 0.15) is 12.1 Å². The van der Waals surface area contributed by atoms with Crippen LogP contribution in [0.25, 0.3) is 10.9 Å². The molecule has 1 fully saturated rings. The summed E-state index contributed by atoms with van der Waals surface area (Å²) < 4.78 is 11.0. The van der Waals surface area contributed by atoms with Crippen molar-refractivity contribution in [3.8, 4) is 0 Å². The van der Waals surface area contributed by atoms with Crippen LogP contribution >= 0.6 is 7.60 Å². The summed E-state index contributed by atoms with van der Waals surface area (Å²) in [5, 5.41) is 1.04. The van der Waals surface area contributed by atoms with Crippen LogP contribution in [-0.4, -0.2) is 63.5 Å². The number of benzene rings is 1. The molecule has 0 spiro atoms. The lowest BCUT2D eigenvalue weighted by Gasteiger charge is -2.35. The van der Waals surface area contributed by atoms with Crippen LogP contribution in [0.3, 0.4) is 0 Å². The van der Waals surface area contributed by atoms with Gasteiger partial charge in [0.05, 0.1) is 11.7 Å². The molecule has 0 radical (unpaired) electrons. The van der Waals surface area contributed by atoms with E-state index < -0.39 is 7.60 Å². The SMILES string of the molecule is Cc1ccc2c(N3CCN(CCP(=O)(O)O)CC3)ncnc2c1. The molecule has 23 heavy (non-hydrogen) atoms. The number of aryl methyl sites for hydroxylation is 1. The maximum Gasteiger partial charge on any atom is 0.326 e. The van der Waals surface area contributed by atoms with Crippen molar-refractivity contribution in [2.75, 3.05) is 43.8 Å². The number of piperazine rings is 1. The van der Waals surface area contributed by atoms with Crippen molar-refractivity contribution in [2.45, 2.75) is 6.92 Å². The van der Waals surface area contributed by atoms with Gasteiger partial charge < -0.3 is 14.7 Å². The molecule has 1 aliphatic heterocycles. The fourth-order valence-corrected chi connectivity index (χ4v) is 3.40. The average molecular weight is 336 g/mol. The smallest absolute Gasteiger partial charge is 0.326 e. The van der Waals surface area contributed by atoms with E-state index in [1.807, 2.05) is 6.92 Å². The molecule has 7 nitrogen and oxygen atoms in total. The first-order chi connectivity index (χ1) is 10.9. The summed E-state index contributed by atoms with van der Waals surface area (Å²) in [7, 11) is -3.92. The van der Waals surface area contributed by atoms with Crippen LogP contribution in [0, 0.1) is 6.92 Å². The van der Waals surface area contributed by atoms with Gasteiger partial charge in [-0.05, 0) is 24.6 Å². The van der Waals surface area contributed by atoms with Gasteiger partial charge in [-0.15, -0.1) is 0 Å². The highest BCUT2D eigenvalue weighted by molar-refractivity contribution is 7.51. The van der Waals surface area contributed by atoms with Gasteiger partial charge in [0, 0.05) is 38.1 Å². The third kappa shape index (κ3) is 4.06. The zero-order chi connectivity index (χ0) is 16.4. The van der Waals surface area contributed by atoms with E-state index >= 15 is 0 Å². The van der Waals surface area contributed by atoms with E-state index in [4.69, 9.17) is 9.79 Å². The zero-order valence-electron chi connectivity index (χ0n) is 13.1. The number of hydrogen-bond donors (Lipinski definition) is 2. The monoisotopic (exact) mass is 336 g/mol. The van der Waals surface area contributed by atoms with Gasteiger partial charge >= 0.3 is 7.60 Å². The first kappa shape index (κ1) is 16.3. The summed E-state index contributed by atoms with van der Waals surface area (Å²) >= 11 is 0. The Balaban J connectivity index is 1.69. The minimum atomic E-state index is -3.92. The molecule has 0 amide bonds. The Morgan fingerprint density at radius 2 is 1.91 bits per heavy atom. The van der Waals surface area contributed by atoms with Crippen molar-refractivity contribution in [2.24, 2.45) is 0 Å². The molecular formula is C15H21N4O3P. The summed E-state index contributed by atoms with van der Waals surface area (Å²) in [5.74, 6) is 0.935.